The van der Waals surface area contributed by atoms with Crippen molar-refractivity contribution in [2.45, 2.75) is 6.18 Å². The molecule has 1 saturated heterocycles. The standard InChI is InChI=1S/C22H19F3N6OS/c1-32-18-4-6-26-21(29-18)31-9-7-30(8-10-31)20-15-2-3-17(22(23,24)25)28-19(15)16(12-27-20)14-5-11-33-13-14/h2-6,11-13H,7-10H2,1H3. The SMILES string of the molecule is COc1ccnc(N2CCN(c3ncc(-c4ccsc4)c4nc(C(F)(F)F)ccc34)CC2)n1. The minimum atomic E-state index is -4.52. The lowest BCUT2D eigenvalue weighted by atomic mass is 10.1. The number of hydrogen-bond acceptors (Lipinski definition) is 8. The molecule has 0 saturated carbocycles. The van der Waals surface area contributed by atoms with Gasteiger partial charge >= 0.3 is 6.18 Å². The van der Waals surface area contributed by atoms with Crippen LogP contribution < -0.4 is 14.5 Å². The Morgan fingerprint density at radius 1 is 0.970 bits per heavy atom. The lowest BCUT2D eigenvalue weighted by molar-refractivity contribution is -0.140. The maximum atomic E-state index is 13.4. The van der Waals surface area contributed by atoms with Crippen molar-refractivity contribution < 1.29 is 17.9 Å². The van der Waals surface area contributed by atoms with Crippen LogP contribution in [0.4, 0.5) is 24.9 Å². The van der Waals surface area contributed by atoms with Gasteiger partial charge in [-0.3, -0.25) is 0 Å². The van der Waals surface area contributed by atoms with Crippen LogP contribution in [0, 0.1) is 0 Å². The molecule has 33 heavy (non-hydrogen) atoms. The normalized spacial score (nSPS) is 14.7. The van der Waals surface area contributed by atoms with Crippen molar-refractivity contribution in [3.05, 3.63) is 53.1 Å². The third-order valence-corrected chi connectivity index (χ3v) is 6.20. The second-order valence-electron chi connectivity index (χ2n) is 7.47. The number of piperazine rings is 1. The highest BCUT2D eigenvalue weighted by Gasteiger charge is 2.33. The Labute approximate surface area is 191 Å². The Kier molecular flexibility index (Phi) is 5.49. The fourth-order valence-electron chi connectivity index (χ4n) is 3.86. The van der Waals surface area contributed by atoms with Crippen LogP contribution in [0.5, 0.6) is 5.88 Å². The summed E-state index contributed by atoms with van der Waals surface area (Å²) in [7, 11) is 1.55. The van der Waals surface area contributed by atoms with Crippen molar-refractivity contribution in [2.24, 2.45) is 0 Å². The van der Waals surface area contributed by atoms with Crippen molar-refractivity contribution >= 4 is 34.0 Å². The largest absolute Gasteiger partial charge is 0.481 e. The van der Waals surface area contributed by atoms with Crippen LogP contribution in [-0.4, -0.2) is 53.2 Å². The van der Waals surface area contributed by atoms with E-state index in [-0.39, 0.29) is 0 Å². The summed E-state index contributed by atoms with van der Waals surface area (Å²) in [5, 5.41) is 4.35. The van der Waals surface area contributed by atoms with Gasteiger partial charge in [-0.2, -0.15) is 29.5 Å². The van der Waals surface area contributed by atoms with Crippen molar-refractivity contribution in [3.63, 3.8) is 0 Å². The molecule has 1 fully saturated rings. The van der Waals surface area contributed by atoms with Gasteiger partial charge in [0.1, 0.15) is 11.5 Å². The lowest BCUT2D eigenvalue weighted by Crippen LogP contribution is -2.47. The van der Waals surface area contributed by atoms with E-state index in [1.54, 1.807) is 25.6 Å². The van der Waals surface area contributed by atoms with E-state index < -0.39 is 11.9 Å². The van der Waals surface area contributed by atoms with Gasteiger partial charge in [0.05, 0.1) is 12.6 Å². The number of alkyl halides is 3. The van der Waals surface area contributed by atoms with E-state index in [0.29, 0.717) is 60.3 Å². The van der Waals surface area contributed by atoms with Gasteiger partial charge in [-0.15, -0.1) is 0 Å². The molecule has 0 unspecified atom stereocenters. The quantitative estimate of drug-likeness (QED) is 0.433. The average molecular weight is 472 g/mol. The summed E-state index contributed by atoms with van der Waals surface area (Å²) in [6.07, 6.45) is -1.26. The smallest absolute Gasteiger partial charge is 0.433 e. The number of hydrogen-bond donors (Lipinski definition) is 0. The zero-order valence-electron chi connectivity index (χ0n) is 17.6. The summed E-state index contributed by atoms with van der Waals surface area (Å²) in [5.41, 5.74) is 0.774. The summed E-state index contributed by atoms with van der Waals surface area (Å²) >= 11 is 1.47. The van der Waals surface area contributed by atoms with Gasteiger partial charge in [0.2, 0.25) is 11.8 Å². The topological polar surface area (TPSA) is 67.3 Å². The first-order chi connectivity index (χ1) is 15.9. The molecular formula is C22H19F3N6OS. The summed E-state index contributed by atoms with van der Waals surface area (Å²) < 4.78 is 45.3. The van der Waals surface area contributed by atoms with Crippen molar-refractivity contribution in [2.75, 3.05) is 43.1 Å². The fraction of sp³-hybridized carbons (Fsp3) is 0.273. The zero-order chi connectivity index (χ0) is 23.0. The maximum absolute atomic E-state index is 13.4. The Bertz CT molecular complexity index is 1270. The van der Waals surface area contributed by atoms with Crippen molar-refractivity contribution in [1.29, 1.82) is 0 Å². The second kappa shape index (κ2) is 8.47. The Morgan fingerprint density at radius 2 is 1.76 bits per heavy atom. The predicted molar refractivity (Wildman–Crippen MR) is 121 cm³/mol. The number of thiophene rings is 1. The molecule has 0 aromatic carbocycles. The molecule has 0 aliphatic carbocycles. The molecule has 4 aromatic rings. The number of aromatic nitrogens is 4. The van der Waals surface area contributed by atoms with Gasteiger partial charge in [0.15, 0.2) is 0 Å². The average Bonchev–Trinajstić information content (AvgIpc) is 3.37. The molecular weight excluding hydrogens is 453 g/mol. The number of anilines is 2. The first-order valence-electron chi connectivity index (χ1n) is 10.2. The highest BCUT2D eigenvalue weighted by molar-refractivity contribution is 7.08. The van der Waals surface area contributed by atoms with Crippen molar-refractivity contribution in [1.82, 2.24) is 19.9 Å². The molecule has 11 heteroatoms. The van der Waals surface area contributed by atoms with Gasteiger partial charge in [0.25, 0.3) is 0 Å². The third kappa shape index (κ3) is 4.15. The van der Waals surface area contributed by atoms with E-state index in [9.17, 15) is 13.2 Å². The molecule has 0 spiro atoms. The molecule has 0 bridgehead atoms. The van der Waals surface area contributed by atoms with Crippen molar-refractivity contribution in [3.8, 4) is 17.0 Å². The molecule has 0 atom stereocenters. The van der Waals surface area contributed by atoms with Crippen LogP contribution in [0.1, 0.15) is 5.69 Å². The molecule has 4 aromatic heterocycles. The molecule has 1 aliphatic rings. The lowest BCUT2D eigenvalue weighted by Gasteiger charge is -2.36. The number of nitrogens with zero attached hydrogens (tertiary/aromatic N) is 6. The number of halogens is 3. The number of pyridine rings is 2. The first-order valence-corrected chi connectivity index (χ1v) is 11.1. The molecule has 1 aliphatic heterocycles. The number of methoxy groups -OCH3 is 1. The number of rotatable bonds is 4. The third-order valence-electron chi connectivity index (χ3n) is 5.52. The van der Waals surface area contributed by atoms with Gasteiger partial charge in [-0.05, 0) is 34.5 Å². The predicted octanol–water partition coefficient (Wildman–Crippen LogP) is 4.50. The Balaban J connectivity index is 1.48. The first kappa shape index (κ1) is 21.4. The van der Waals surface area contributed by atoms with E-state index in [1.807, 2.05) is 21.7 Å². The molecule has 5 rings (SSSR count). The minimum Gasteiger partial charge on any atom is -0.481 e. The molecule has 7 nitrogen and oxygen atoms in total. The van der Waals surface area contributed by atoms with E-state index >= 15 is 0 Å². The molecule has 5 heterocycles. The summed E-state index contributed by atoms with van der Waals surface area (Å²) in [4.78, 5) is 21.4. The van der Waals surface area contributed by atoms with E-state index in [1.165, 1.54) is 17.4 Å². The minimum absolute atomic E-state index is 0.298. The van der Waals surface area contributed by atoms with E-state index in [2.05, 4.69) is 24.8 Å². The molecule has 0 amide bonds. The summed E-state index contributed by atoms with van der Waals surface area (Å²) in [6.45, 7) is 2.50. The van der Waals surface area contributed by atoms with Crippen LogP contribution >= 0.6 is 11.3 Å². The fourth-order valence-corrected chi connectivity index (χ4v) is 4.51. The van der Waals surface area contributed by atoms with E-state index in [0.717, 1.165) is 11.6 Å². The summed E-state index contributed by atoms with van der Waals surface area (Å²) in [5.74, 6) is 1.69. The second-order valence-corrected chi connectivity index (χ2v) is 8.25. The Morgan fingerprint density at radius 3 is 2.45 bits per heavy atom. The number of fused-ring (bicyclic) bond motifs is 1. The van der Waals surface area contributed by atoms with Gasteiger partial charge in [-0.1, -0.05) is 0 Å². The maximum Gasteiger partial charge on any atom is 0.433 e. The summed E-state index contributed by atoms with van der Waals surface area (Å²) in [6, 6.07) is 6.04. The molecule has 0 N–H and O–H groups in total. The zero-order valence-corrected chi connectivity index (χ0v) is 18.4. The highest BCUT2D eigenvalue weighted by Crippen LogP contribution is 2.36. The highest BCUT2D eigenvalue weighted by atomic mass is 32.1. The number of ether oxygens (including phenoxy) is 1. The van der Waals surface area contributed by atoms with Gasteiger partial charge in [-0.25, -0.2) is 15.0 Å². The van der Waals surface area contributed by atoms with Crippen LogP contribution in [-0.2, 0) is 6.18 Å². The molecule has 170 valence electrons. The van der Waals surface area contributed by atoms with Crippen LogP contribution in [0.25, 0.3) is 22.0 Å². The van der Waals surface area contributed by atoms with Crippen LogP contribution in [0.3, 0.4) is 0 Å². The molecule has 0 radical (unpaired) electrons. The van der Waals surface area contributed by atoms with Crippen LogP contribution in [0.2, 0.25) is 0 Å². The van der Waals surface area contributed by atoms with Gasteiger partial charge < -0.3 is 14.5 Å². The monoisotopic (exact) mass is 472 g/mol. The van der Waals surface area contributed by atoms with Gasteiger partial charge in [0, 0.05) is 55.6 Å². The van der Waals surface area contributed by atoms with E-state index in [4.69, 9.17) is 4.74 Å². The Hall–Kier alpha value is -3.47. The van der Waals surface area contributed by atoms with Crippen LogP contribution in [0.15, 0.2) is 47.4 Å².